The van der Waals surface area contributed by atoms with Crippen LogP contribution in [-0.2, 0) is 31.6 Å². The molecule has 220 valence electrons. The lowest BCUT2D eigenvalue weighted by atomic mass is 10.0. The number of nitrogens with one attached hydrogen (secondary N) is 1. The van der Waals surface area contributed by atoms with Crippen molar-refractivity contribution < 1.29 is 27.1 Å². The average molecular weight is 605 g/mol. The number of aromatic nitrogens is 3. The molecule has 4 rings (SSSR count). The van der Waals surface area contributed by atoms with E-state index < -0.39 is 38.8 Å². The summed E-state index contributed by atoms with van der Waals surface area (Å²) in [5, 5.41) is 0.173. The van der Waals surface area contributed by atoms with Crippen molar-refractivity contribution in [1.29, 1.82) is 0 Å². The Hall–Kier alpha value is -3.75. The van der Waals surface area contributed by atoms with Crippen LogP contribution in [0.5, 0.6) is 5.75 Å². The van der Waals surface area contributed by atoms with Crippen molar-refractivity contribution in [2.45, 2.75) is 58.9 Å². The van der Waals surface area contributed by atoms with Crippen LogP contribution in [0.1, 0.15) is 44.9 Å². The van der Waals surface area contributed by atoms with Gasteiger partial charge in [0.15, 0.2) is 0 Å². The minimum atomic E-state index is -3.98. The molecule has 1 N–H and O–H groups in total. The second-order valence-electron chi connectivity index (χ2n) is 10.3. The molecule has 0 aliphatic heterocycles. The molecule has 14 heteroatoms. The highest BCUT2D eigenvalue weighted by molar-refractivity contribution is 7.89. The molecular formula is C27H32N4O8S2. The first-order valence-electron chi connectivity index (χ1n) is 12.7. The van der Waals surface area contributed by atoms with Crippen LogP contribution in [0.4, 0.5) is 0 Å². The number of nitrogens with zero attached hydrogens (tertiary/aromatic N) is 3. The van der Waals surface area contributed by atoms with Crippen LogP contribution in [0.2, 0.25) is 0 Å². The molecule has 1 atom stereocenters. The van der Waals surface area contributed by atoms with Crippen LogP contribution >= 0.6 is 11.3 Å². The van der Waals surface area contributed by atoms with Gasteiger partial charge in [0, 0.05) is 5.56 Å². The average Bonchev–Trinajstić information content (AvgIpc) is 3.52. The largest absolute Gasteiger partial charge is 0.496 e. The molecule has 41 heavy (non-hydrogen) atoms. The highest BCUT2D eigenvalue weighted by Crippen LogP contribution is 2.37. The van der Waals surface area contributed by atoms with Crippen LogP contribution < -0.4 is 20.7 Å². The first-order valence-corrected chi connectivity index (χ1v) is 15.4. The van der Waals surface area contributed by atoms with Crippen molar-refractivity contribution in [3.8, 4) is 16.5 Å². The van der Waals surface area contributed by atoms with E-state index in [1.165, 1.54) is 38.0 Å². The number of amides is 1. The zero-order valence-electron chi connectivity index (χ0n) is 23.8. The first-order chi connectivity index (χ1) is 19.2. The summed E-state index contributed by atoms with van der Waals surface area (Å²) in [5.74, 6) is -0.223. The van der Waals surface area contributed by atoms with E-state index in [9.17, 15) is 22.8 Å². The Morgan fingerprint density at radius 1 is 1.22 bits per heavy atom. The molecule has 0 radical (unpaired) electrons. The van der Waals surface area contributed by atoms with E-state index >= 15 is 0 Å². The molecule has 0 fully saturated rings. The molecule has 0 unspecified atom stereocenters. The summed E-state index contributed by atoms with van der Waals surface area (Å²) < 4.78 is 45.1. The number of fused-ring (bicyclic) bond motifs is 1. The maximum Gasteiger partial charge on any atom is 0.333 e. The van der Waals surface area contributed by atoms with Crippen LogP contribution in [-0.4, -0.2) is 47.9 Å². The van der Waals surface area contributed by atoms with Gasteiger partial charge in [-0.3, -0.25) is 18.9 Å². The van der Waals surface area contributed by atoms with E-state index in [1.54, 1.807) is 13.0 Å². The van der Waals surface area contributed by atoms with Crippen LogP contribution in [0.15, 0.2) is 50.7 Å². The summed E-state index contributed by atoms with van der Waals surface area (Å²) in [6, 6.07) is 7.24. The lowest BCUT2D eigenvalue weighted by Crippen LogP contribution is -2.56. The fourth-order valence-electron chi connectivity index (χ4n) is 4.58. The van der Waals surface area contributed by atoms with Gasteiger partial charge in [-0.25, -0.2) is 22.8 Å². The smallest absolute Gasteiger partial charge is 0.333 e. The lowest BCUT2D eigenvalue weighted by Gasteiger charge is -2.28. The summed E-state index contributed by atoms with van der Waals surface area (Å²) in [7, 11) is -2.45. The second kappa shape index (κ2) is 11.3. The van der Waals surface area contributed by atoms with Gasteiger partial charge in [-0.15, -0.1) is 11.3 Å². The number of carbonyl (C=O) groups is 1. The third-order valence-corrected chi connectivity index (χ3v) is 8.36. The standard InChI is InChI=1S/C27H32N4O8S2/c1-15(2)39-19(17-10-8-9-11-18(17)37-6)14-30-24-20(16(3)21(40-24)22-28-12-13-38-22)23(32)31(26(30)34)27(4,5)25(33)29-41(7,35)36/h8-13,15,19H,14H2,1-7H3,(H,29,33)/t19-/m0/s1. The summed E-state index contributed by atoms with van der Waals surface area (Å²) >= 11 is 1.15. The van der Waals surface area contributed by atoms with Crippen molar-refractivity contribution in [3.63, 3.8) is 0 Å². The number of hydrogen-bond donors (Lipinski definition) is 1. The number of rotatable bonds is 10. The number of sulfonamides is 1. The summed E-state index contributed by atoms with van der Waals surface area (Å²) in [6.07, 6.45) is 2.75. The van der Waals surface area contributed by atoms with Crippen LogP contribution in [0, 0.1) is 6.92 Å². The molecule has 1 aromatic carbocycles. The maximum atomic E-state index is 14.2. The van der Waals surface area contributed by atoms with Crippen LogP contribution in [0.3, 0.4) is 0 Å². The summed E-state index contributed by atoms with van der Waals surface area (Å²) in [4.78, 5) is 46.4. The highest BCUT2D eigenvalue weighted by Gasteiger charge is 2.37. The van der Waals surface area contributed by atoms with E-state index in [1.807, 2.05) is 36.8 Å². The van der Waals surface area contributed by atoms with Crippen LogP contribution in [0.25, 0.3) is 21.0 Å². The number of para-hydroxylation sites is 1. The van der Waals surface area contributed by atoms with Gasteiger partial charge in [-0.2, -0.15) is 0 Å². The highest BCUT2D eigenvalue weighted by atomic mass is 32.2. The van der Waals surface area contributed by atoms with Gasteiger partial charge >= 0.3 is 5.69 Å². The van der Waals surface area contributed by atoms with E-state index in [0.717, 1.165) is 22.2 Å². The molecule has 0 saturated carbocycles. The molecule has 3 heterocycles. The summed E-state index contributed by atoms with van der Waals surface area (Å²) in [5.41, 5.74) is -2.28. The number of ether oxygens (including phenoxy) is 2. The Morgan fingerprint density at radius 3 is 2.49 bits per heavy atom. The van der Waals surface area contributed by atoms with E-state index in [-0.39, 0.29) is 23.9 Å². The van der Waals surface area contributed by atoms with Gasteiger partial charge in [0.25, 0.3) is 11.5 Å². The number of thiophene rings is 1. The Labute approximate surface area is 240 Å². The van der Waals surface area contributed by atoms with Crippen molar-refractivity contribution in [2.24, 2.45) is 0 Å². The van der Waals surface area contributed by atoms with E-state index in [0.29, 0.717) is 26.6 Å². The second-order valence-corrected chi connectivity index (χ2v) is 13.0. The van der Waals surface area contributed by atoms with Crippen molar-refractivity contribution in [2.75, 3.05) is 13.4 Å². The van der Waals surface area contributed by atoms with Gasteiger partial charge in [0.1, 0.15) is 28.5 Å². The molecule has 0 bridgehead atoms. The van der Waals surface area contributed by atoms with E-state index in [4.69, 9.17) is 13.9 Å². The molecule has 0 aliphatic carbocycles. The lowest BCUT2D eigenvalue weighted by molar-refractivity contribution is -0.126. The molecule has 1 amide bonds. The number of oxazole rings is 1. The van der Waals surface area contributed by atoms with Crippen molar-refractivity contribution in [1.82, 2.24) is 18.8 Å². The topological polar surface area (TPSA) is 152 Å². The summed E-state index contributed by atoms with van der Waals surface area (Å²) in [6.45, 7) is 7.98. The number of methoxy groups -OCH3 is 1. The zero-order chi connectivity index (χ0) is 30.3. The molecule has 0 aliphatic rings. The van der Waals surface area contributed by atoms with Gasteiger partial charge in [0.05, 0.1) is 42.5 Å². The Balaban J connectivity index is 2.05. The third-order valence-electron chi connectivity index (χ3n) is 6.50. The van der Waals surface area contributed by atoms with Crippen molar-refractivity contribution >= 4 is 37.5 Å². The maximum absolute atomic E-state index is 14.2. The molecule has 0 spiro atoms. The predicted octanol–water partition coefficient (Wildman–Crippen LogP) is 3.17. The van der Waals surface area contributed by atoms with E-state index in [2.05, 4.69) is 4.98 Å². The molecular weight excluding hydrogens is 572 g/mol. The Morgan fingerprint density at radius 2 is 1.90 bits per heavy atom. The van der Waals surface area contributed by atoms with Gasteiger partial charge in [-0.05, 0) is 46.2 Å². The fraction of sp³-hybridized carbons (Fsp3) is 0.407. The number of benzene rings is 1. The Kier molecular flexibility index (Phi) is 8.30. The monoisotopic (exact) mass is 604 g/mol. The zero-order valence-corrected chi connectivity index (χ0v) is 25.4. The molecule has 0 saturated heterocycles. The van der Waals surface area contributed by atoms with Gasteiger partial charge in [0.2, 0.25) is 15.9 Å². The fourth-order valence-corrected chi connectivity index (χ4v) is 6.40. The quantitative estimate of drug-likeness (QED) is 0.288. The Bertz CT molecular complexity index is 1820. The number of aryl methyl sites for hydroxylation is 1. The molecule has 12 nitrogen and oxygen atoms in total. The minimum Gasteiger partial charge on any atom is -0.496 e. The molecule has 3 aromatic heterocycles. The van der Waals surface area contributed by atoms with Gasteiger partial charge < -0.3 is 13.9 Å². The van der Waals surface area contributed by atoms with Crippen molar-refractivity contribution in [3.05, 3.63) is 68.7 Å². The molecule has 4 aromatic rings. The predicted molar refractivity (Wildman–Crippen MR) is 155 cm³/mol. The SMILES string of the molecule is COc1ccccc1[C@H](Cn1c(=O)n(C(C)(C)C(=O)NS(C)(=O)=O)c(=O)c2c(C)c(-c3ncco3)sc21)OC(C)C. The third kappa shape index (κ3) is 5.85. The first kappa shape index (κ1) is 30.2. The number of carbonyl (C=O) groups excluding carboxylic acids is 1. The number of hydrogen-bond acceptors (Lipinski definition) is 10. The van der Waals surface area contributed by atoms with Gasteiger partial charge in [-0.1, -0.05) is 18.2 Å². The minimum absolute atomic E-state index is 0.0527. The normalized spacial score (nSPS) is 13.1.